The van der Waals surface area contributed by atoms with Crippen LogP contribution in [0.5, 0.6) is 0 Å². The fourth-order valence-electron chi connectivity index (χ4n) is 4.48. The molecule has 1 aromatic carbocycles. The lowest BCUT2D eigenvalue weighted by Gasteiger charge is -2.38. The lowest BCUT2D eigenvalue weighted by molar-refractivity contribution is -0.944. The standard InChI is InChI=1S/C20H30N2O/c23-20(21-17-10-4-1-5-11-17)16-22(18-12-6-2-7-13-18)19-14-8-3-9-15-19/h1,4-5,10-11,18-19H,2-3,6-9,12-16H2,(H,21,23)/p+1. The van der Waals surface area contributed by atoms with Gasteiger partial charge in [-0.2, -0.15) is 0 Å². The second-order valence-corrected chi connectivity index (χ2v) is 7.34. The third kappa shape index (κ3) is 4.81. The molecule has 0 heterocycles. The molecule has 0 aromatic heterocycles. The van der Waals surface area contributed by atoms with Crippen molar-refractivity contribution in [3.8, 4) is 0 Å². The number of quaternary nitrogens is 1. The summed E-state index contributed by atoms with van der Waals surface area (Å²) in [6, 6.07) is 11.3. The van der Waals surface area contributed by atoms with Crippen LogP contribution in [0.2, 0.25) is 0 Å². The van der Waals surface area contributed by atoms with Crippen LogP contribution >= 0.6 is 0 Å². The molecule has 23 heavy (non-hydrogen) atoms. The molecule has 2 aliphatic carbocycles. The molecule has 0 radical (unpaired) electrons. The number of hydrogen-bond donors (Lipinski definition) is 2. The van der Waals surface area contributed by atoms with Crippen molar-refractivity contribution in [2.24, 2.45) is 0 Å². The molecule has 126 valence electrons. The number of carbonyl (C=O) groups excluding carboxylic acids is 1. The van der Waals surface area contributed by atoms with Gasteiger partial charge in [-0.15, -0.1) is 0 Å². The molecule has 0 bridgehead atoms. The van der Waals surface area contributed by atoms with Gasteiger partial charge in [0.25, 0.3) is 5.91 Å². The Labute approximate surface area is 140 Å². The van der Waals surface area contributed by atoms with Crippen LogP contribution in [0.1, 0.15) is 64.2 Å². The predicted molar refractivity (Wildman–Crippen MR) is 94.6 cm³/mol. The first-order valence-corrected chi connectivity index (χ1v) is 9.53. The fourth-order valence-corrected chi connectivity index (χ4v) is 4.48. The van der Waals surface area contributed by atoms with Gasteiger partial charge in [-0.25, -0.2) is 0 Å². The zero-order valence-electron chi connectivity index (χ0n) is 14.2. The Balaban J connectivity index is 1.63. The topological polar surface area (TPSA) is 33.5 Å². The maximum atomic E-state index is 12.6. The van der Waals surface area contributed by atoms with Crippen LogP contribution in [0, 0.1) is 0 Å². The van der Waals surface area contributed by atoms with Crippen molar-refractivity contribution in [1.29, 1.82) is 0 Å². The van der Waals surface area contributed by atoms with Crippen molar-refractivity contribution in [3.63, 3.8) is 0 Å². The van der Waals surface area contributed by atoms with Gasteiger partial charge < -0.3 is 10.2 Å². The van der Waals surface area contributed by atoms with Crippen molar-refractivity contribution < 1.29 is 9.69 Å². The summed E-state index contributed by atoms with van der Waals surface area (Å²) in [5.74, 6) is 0.183. The van der Waals surface area contributed by atoms with E-state index < -0.39 is 0 Å². The highest BCUT2D eigenvalue weighted by Crippen LogP contribution is 2.20. The van der Waals surface area contributed by atoms with Crippen LogP contribution < -0.4 is 10.2 Å². The molecule has 0 unspecified atom stereocenters. The summed E-state index contributed by atoms with van der Waals surface area (Å²) < 4.78 is 0. The van der Waals surface area contributed by atoms with Crippen LogP contribution in [0.4, 0.5) is 5.69 Å². The summed E-state index contributed by atoms with van der Waals surface area (Å²) in [6.45, 7) is 0.643. The van der Waals surface area contributed by atoms with Gasteiger partial charge in [0.2, 0.25) is 0 Å². The number of para-hydroxylation sites is 1. The molecule has 0 saturated heterocycles. The molecular weight excluding hydrogens is 284 g/mol. The van der Waals surface area contributed by atoms with Crippen molar-refractivity contribution >= 4 is 11.6 Å². The van der Waals surface area contributed by atoms with Crippen LogP contribution in [0.15, 0.2) is 30.3 Å². The average Bonchev–Trinajstić information content (AvgIpc) is 2.62. The molecule has 1 amide bonds. The van der Waals surface area contributed by atoms with Crippen LogP contribution in [-0.2, 0) is 4.79 Å². The predicted octanol–water partition coefficient (Wildman–Crippen LogP) is 3.18. The van der Waals surface area contributed by atoms with E-state index in [4.69, 9.17) is 0 Å². The van der Waals surface area contributed by atoms with E-state index in [2.05, 4.69) is 5.32 Å². The van der Waals surface area contributed by atoms with Crippen LogP contribution in [-0.4, -0.2) is 24.5 Å². The Morgan fingerprint density at radius 3 is 1.91 bits per heavy atom. The number of rotatable bonds is 5. The summed E-state index contributed by atoms with van der Waals surface area (Å²) in [5, 5.41) is 3.09. The molecule has 2 fully saturated rings. The molecule has 0 atom stereocenters. The molecule has 3 heteroatoms. The van der Waals surface area contributed by atoms with Crippen molar-refractivity contribution in [3.05, 3.63) is 30.3 Å². The van der Waals surface area contributed by atoms with Crippen LogP contribution in [0.25, 0.3) is 0 Å². The number of carbonyl (C=O) groups is 1. The number of nitrogens with one attached hydrogen (secondary N) is 2. The van der Waals surface area contributed by atoms with E-state index in [1.807, 2.05) is 30.3 Å². The number of amides is 1. The van der Waals surface area contributed by atoms with E-state index in [-0.39, 0.29) is 5.91 Å². The van der Waals surface area contributed by atoms with E-state index in [1.165, 1.54) is 64.2 Å². The molecule has 0 spiro atoms. The molecule has 3 rings (SSSR count). The first kappa shape index (κ1) is 16.5. The maximum Gasteiger partial charge on any atom is 0.279 e. The zero-order valence-corrected chi connectivity index (χ0v) is 14.2. The van der Waals surface area contributed by atoms with E-state index in [9.17, 15) is 4.79 Å². The quantitative estimate of drug-likeness (QED) is 0.860. The Bertz CT molecular complexity index is 458. The van der Waals surface area contributed by atoms with E-state index >= 15 is 0 Å². The van der Waals surface area contributed by atoms with E-state index in [0.717, 1.165) is 5.69 Å². The normalized spacial score (nSPS) is 20.6. The van der Waals surface area contributed by atoms with E-state index in [1.54, 1.807) is 4.90 Å². The molecule has 1 aromatic rings. The minimum absolute atomic E-state index is 0.183. The average molecular weight is 315 g/mol. The largest absolute Gasteiger partial charge is 0.322 e. The monoisotopic (exact) mass is 315 g/mol. The highest BCUT2D eigenvalue weighted by molar-refractivity contribution is 5.91. The molecule has 2 saturated carbocycles. The van der Waals surface area contributed by atoms with Crippen molar-refractivity contribution in [1.82, 2.24) is 0 Å². The first-order chi connectivity index (χ1) is 11.3. The summed E-state index contributed by atoms with van der Waals surface area (Å²) in [4.78, 5) is 14.2. The van der Waals surface area contributed by atoms with Gasteiger partial charge in [0, 0.05) is 5.69 Å². The molecule has 2 N–H and O–H groups in total. The van der Waals surface area contributed by atoms with Crippen molar-refractivity contribution in [2.75, 3.05) is 11.9 Å². The van der Waals surface area contributed by atoms with Gasteiger partial charge in [0.1, 0.15) is 0 Å². The molecule has 3 nitrogen and oxygen atoms in total. The number of anilines is 1. The third-order valence-corrected chi connectivity index (χ3v) is 5.68. The lowest BCUT2D eigenvalue weighted by Crippen LogP contribution is -3.20. The Kier molecular flexibility index (Phi) is 6.09. The smallest absolute Gasteiger partial charge is 0.279 e. The minimum atomic E-state index is 0.183. The van der Waals surface area contributed by atoms with Gasteiger partial charge in [0.05, 0.1) is 12.1 Å². The summed E-state index contributed by atoms with van der Waals surface area (Å²) in [5.41, 5.74) is 0.920. The van der Waals surface area contributed by atoms with Gasteiger partial charge >= 0.3 is 0 Å². The second kappa shape index (κ2) is 8.49. The third-order valence-electron chi connectivity index (χ3n) is 5.68. The molecular formula is C20H31N2O+. The van der Waals surface area contributed by atoms with Gasteiger partial charge in [-0.05, 0) is 63.5 Å². The maximum absolute atomic E-state index is 12.6. The Hall–Kier alpha value is -1.35. The second-order valence-electron chi connectivity index (χ2n) is 7.34. The highest BCUT2D eigenvalue weighted by Gasteiger charge is 2.33. The Morgan fingerprint density at radius 1 is 0.870 bits per heavy atom. The van der Waals surface area contributed by atoms with E-state index in [0.29, 0.717) is 18.6 Å². The number of benzene rings is 1. The summed E-state index contributed by atoms with van der Waals surface area (Å²) in [7, 11) is 0. The molecule has 0 aliphatic heterocycles. The zero-order chi connectivity index (χ0) is 15.9. The Morgan fingerprint density at radius 2 is 1.39 bits per heavy atom. The molecule has 2 aliphatic rings. The van der Waals surface area contributed by atoms with Gasteiger partial charge in [-0.3, -0.25) is 4.79 Å². The van der Waals surface area contributed by atoms with Gasteiger partial charge in [0.15, 0.2) is 6.54 Å². The lowest BCUT2D eigenvalue weighted by atomic mass is 9.88. The summed E-state index contributed by atoms with van der Waals surface area (Å²) >= 11 is 0. The fraction of sp³-hybridized carbons (Fsp3) is 0.650. The summed E-state index contributed by atoms with van der Waals surface area (Å²) in [6.07, 6.45) is 13.4. The van der Waals surface area contributed by atoms with Gasteiger partial charge in [-0.1, -0.05) is 31.0 Å². The first-order valence-electron chi connectivity index (χ1n) is 9.53. The van der Waals surface area contributed by atoms with Crippen molar-refractivity contribution in [2.45, 2.75) is 76.3 Å². The number of hydrogen-bond acceptors (Lipinski definition) is 1. The highest BCUT2D eigenvalue weighted by atomic mass is 16.2. The SMILES string of the molecule is O=C(C[NH+](C1CCCCC1)C1CCCCC1)Nc1ccccc1. The van der Waals surface area contributed by atoms with Crippen LogP contribution in [0.3, 0.4) is 0 Å². The minimum Gasteiger partial charge on any atom is -0.322 e.